The monoisotopic (exact) mass is 470 g/mol. The zero-order valence-electron chi connectivity index (χ0n) is 15.9. The van der Waals surface area contributed by atoms with E-state index in [1.807, 2.05) is 18.2 Å². The lowest BCUT2D eigenvalue weighted by Gasteiger charge is -2.25. The van der Waals surface area contributed by atoms with Crippen LogP contribution in [0.1, 0.15) is 23.7 Å². The third-order valence-electron chi connectivity index (χ3n) is 4.84. The third kappa shape index (κ3) is 5.22. The molecule has 2 aliphatic rings. The summed E-state index contributed by atoms with van der Waals surface area (Å²) in [7, 11) is 0. The number of hydrogen-bond donors (Lipinski definition) is 2. The first kappa shape index (κ1) is 22.8. The van der Waals surface area contributed by atoms with Crippen LogP contribution in [0.5, 0.6) is 5.88 Å². The Bertz CT molecular complexity index is 941. The maximum atomic E-state index is 11.5. The fourth-order valence-electron chi connectivity index (χ4n) is 3.42. The Labute approximate surface area is 190 Å². The molecule has 0 aliphatic carbocycles. The number of nitrogens with one attached hydrogen (secondary N) is 2. The smallest absolute Gasteiger partial charge is 0.246 e. The van der Waals surface area contributed by atoms with Crippen LogP contribution < -0.4 is 15.5 Å². The Balaban J connectivity index is 0.00000256. The van der Waals surface area contributed by atoms with E-state index in [-0.39, 0.29) is 36.8 Å². The van der Waals surface area contributed by atoms with Gasteiger partial charge in [-0.25, -0.2) is 10.4 Å². The van der Waals surface area contributed by atoms with Gasteiger partial charge in [-0.3, -0.25) is 4.79 Å². The van der Waals surface area contributed by atoms with Crippen LogP contribution >= 0.6 is 35.6 Å². The van der Waals surface area contributed by atoms with Gasteiger partial charge in [0.25, 0.3) is 0 Å². The van der Waals surface area contributed by atoms with E-state index in [1.54, 1.807) is 18.3 Å². The fraction of sp³-hybridized carbons (Fsp3) is 0.350. The number of carbonyl (C=O) groups excluding carboxylic acids is 1. The highest BCUT2D eigenvalue weighted by molar-refractivity contribution is 6.42. The van der Waals surface area contributed by atoms with Gasteiger partial charge in [0.2, 0.25) is 11.8 Å². The molecule has 2 atom stereocenters. The lowest BCUT2D eigenvalue weighted by atomic mass is 9.96. The number of benzene rings is 1. The summed E-state index contributed by atoms with van der Waals surface area (Å²) in [6.45, 7) is 2.43. The Morgan fingerprint density at radius 2 is 2.10 bits per heavy atom. The molecule has 1 amide bonds. The highest BCUT2D eigenvalue weighted by Gasteiger charge is 2.28. The number of aromatic nitrogens is 1. The first-order valence-electron chi connectivity index (χ1n) is 9.32. The average Bonchev–Trinajstić information content (AvgIpc) is 3.02. The quantitative estimate of drug-likeness (QED) is 0.698. The molecule has 3 heterocycles. The van der Waals surface area contributed by atoms with Gasteiger partial charge in [0.05, 0.1) is 47.1 Å². The summed E-state index contributed by atoms with van der Waals surface area (Å²) in [4.78, 5) is 15.8. The summed E-state index contributed by atoms with van der Waals surface area (Å²) in [5.41, 5.74) is 4.74. The second-order valence-corrected chi connectivity index (χ2v) is 7.68. The summed E-state index contributed by atoms with van der Waals surface area (Å²) in [6.07, 6.45) is 1.67. The zero-order chi connectivity index (χ0) is 20.2. The molecule has 4 rings (SSSR count). The highest BCUT2D eigenvalue weighted by Crippen LogP contribution is 2.32. The number of rotatable bonds is 5. The van der Waals surface area contributed by atoms with Crippen molar-refractivity contribution in [1.29, 1.82) is 0 Å². The van der Waals surface area contributed by atoms with Gasteiger partial charge in [0.15, 0.2) is 0 Å². The van der Waals surface area contributed by atoms with Gasteiger partial charge in [0.1, 0.15) is 0 Å². The van der Waals surface area contributed by atoms with Crippen LogP contribution in [-0.2, 0) is 9.53 Å². The number of halogens is 3. The molecular formula is C20H21Cl3N4O3. The van der Waals surface area contributed by atoms with E-state index in [0.29, 0.717) is 47.0 Å². The van der Waals surface area contributed by atoms with Crippen molar-refractivity contribution in [2.75, 3.05) is 26.3 Å². The lowest BCUT2D eigenvalue weighted by molar-refractivity contribution is -0.119. The molecule has 0 unspecified atom stereocenters. The molecule has 0 bridgehead atoms. The molecular weight excluding hydrogens is 451 g/mol. The molecule has 0 radical (unpaired) electrons. The predicted molar refractivity (Wildman–Crippen MR) is 118 cm³/mol. The number of pyridine rings is 1. The first-order chi connectivity index (χ1) is 14.1. The van der Waals surface area contributed by atoms with E-state index in [2.05, 4.69) is 20.8 Å². The van der Waals surface area contributed by atoms with Crippen molar-refractivity contribution in [1.82, 2.24) is 15.7 Å². The minimum absolute atomic E-state index is 0. The Kier molecular flexibility index (Phi) is 7.91. The van der Waals surface area contributed by atoms with E-state index in [9.17, 15) is 4.79 Å². The van der Waals surface area contributed by atoms with Crippen molar-refractivity contribution < 1.29 is 14.3 Å². The first-order valence-corrected chi connectivity index (χ1v) is 10.1. The molecule has 7 nitrogen and oxygen atoms in total. The molecule has 160 valence electrons. The normalized spacial score (nSPS) is 21.3. The van der Waals surface area contributed by atoms with Crippen LogP contribution in [0, 0.1) is 5.92 Å². The lowest BCUT2D eigenvalue weighted by Crippen LogP contribution is -2.29. The largest absolute Gasteiger partial charge is 0.477 e. The molecule has 0 saturated carbocycles. The number of hydrazone groups is 1. The van der Waals surface area contributed by atoms with Gasteiger partial charge < -0.3 is 14.8 Å². The molecule has 30 heavy (non-hydrogen) atoms. The molecule has 10 heteroatoms. The van der Waals surface area contributed by atoms with Gasteiger partial charge >= 0.3 is 0 Å². The van der Waals surface area contributed by atoms with Crippen molar-refractivity contribution in [3.63, 3.8) is 0 Å². The van der Waals surface area contributed by atoms with Crippen molar-refractivity contribution >= 4 is 47.2 Å². The zero-order valence-corrected chi connectivity index (χ0v) is 18.3. The van der Waals surface area contributed by atoms with E-state index < -0.39 is 0 Å². The van der Waals surface area contributed by atoms with Gasteiger partial charge in [-0.15, -0.1) is 12.4 Å². The Morgan fingerprint density at radius 1 is 1.23 bits per heavy atom. The summed E-state index contributed by atoms with van der Waals surface area (Å²) in [5.74, 6) is 0.325. The SMILES string of the molecule is Cl.O=C1CC(c2cccnc2OC[C@@H]2CNCCO[C@H]2c2ccc(Cl)c(Cl)c2)=NN1. The molecule has 1 fully saturated rings. The Morgan fingerprint density at radius 3 is 2.87 bits per heavy atom. The summed E-state index contributed by atoms with van der Waals surface area (Å²) in [6, 6.07) is 9.18. The molecule has 1 aromatic heterocycles. The second kappa shape index (κ2) is 10.4. The molecule has 2 aliphatic heterocycles. The van der Waals surface area contributed by atoms with Crippen LogP contribution in [0.4, 0.5) is 0 Å². The van der Waals surface area contributed by atoms with Crippen molar-refractivity contribution in [3.05, 3.63) is 57.7 Å². The molecule has 1 saturated heterocycles. The number of carbonyl (C=O) groups is 1. The maximum absolute atomic E-state index is 11.5. The van der Waals surface area contributed by atoms with Gasteiger partial charge in [-0.2, -0.15) is 5.10 Å². The number of hydrogen-bond acceptors (Lipinski definition) is 6. The van der Waals surface area contributed by atoms with Gasteiger partial charge in [0, 0.05) is 25.2 Å². The van der Waals surface area contributed by atoms with E-state index in [4.69, 9.17) is 32.7 Å². The predicted octanol–water partition coefficient (Wildman–Crippen LogP) is 3.39. The van der Waals surface area contributed by atoms with Crippen LogP contribution in [0.15, 0.2) is 41.6 Å². The van der Waals surface area contributed by atoms with Crippen molar-refractivity contribution in [2.45, 2.75) is 12.5 Å². The van der Waals surface area contributed by atoms with Gasteiger partial charge in [-0.1, -0.05) is 29.3 Å². The molecule has 1 aromatic carbocycles. The highest BCUT2D eigenvalue weighted by atomic mass is 35.5. The van der Waals surface area contributed by atoms with Crippen LogP contribution in [-0.4, -0.2) is 42.9 Å². The number of nitrogens with zero attached hydrogens (tertiary/aromatic N) is 2. The summed E-state index contributed by atoms with van der Waals surface area (Å²) >= 11 is 12.3. The fourth-order valence-corrected chi connectivity index (χ4v) is 3.73. The van der Waals surface area contributed by atoms with Crippen molar-refractivity contribution in [2.24, 2.45) is 11.0 Å². The number of ether oxygens (including phenoxy) is 2. The minimum atomic E-state index is -0.195. The minimum Gasteiger partial charge on any atom is -0.477 e. The maximum Gasteiger partial charge on any atom is 0.246 e. The standard InChI is InChI=1S/C20H20Cl2N4O3.ClH/c21-15-4-3-12(8-16(15)22)19-13(10-23-6-7-28-19)11-29-20-14(2-1-5-24-20)17-9-18(27)26-25-17;/h1-5,8,13,19,23H,6-7,9-11H2,(H,26,27);1H/t13-,19-;/m0./s1. The Hall–Kier alpha value is -1.90. The van der Waals surface area contributed by atoms with E-state index in [1.165, 1.54) is 0 Å². The third-order valence-corrected chi connectivity index (χ3v) is 5.58. The van der Waals surface area contributed by atoms with E-state index >= 15 is 0 Å². The second-order valence-electron chi connectivity index (χ2n) is 6.87. The average molecular weight is 472 g/mol. The van der Waals surface area contributed by atoms with Crippen LogP contribution in [0.2, 0.25) is 10.0 Å². The van der Waals surface area contributed by atoms with Crippen LogP contribution in [0.3, 0.4) is 0 Å². The summed E-state index contributed by atoms with van der Waals surface area (Å²) in [5, 5.41) is 8.44. The summed E-state index contributed by atoms with van der Waals surface area (Å²) < 4.78 is 12.2. The molecule has 2 N–H and O–H groups in total. The topological polar surface area (TPSA) is 84.8 Å². The van der Waals surface area contributed by atoms with Gasteiger partial charge in [-0.05, 0) is 29.8 Å². The number of amides is 1. The van der Waals surface area contributed by atoms with Crippen LogP contribution in [0.25, 0.3) is 0 Å². The molecule has 2 aromatic rings. The molecule has 0 spiro atoms. The van der Waals surface area contributed by atoms with E-state index in [0.717, 1.165) is 12.1 Å². The van der Waals surface area contributed by atoms with Crippen molar-refractivity contribution in [3.8, 4) is 5.88 Å².